The summed E-state index contributed by atoms with van der Waals surface area (Å²) in [6.07, 6.45) is 9.53. The van der Waals surface area contributed by atoms with Crippen LogP contribution in [-0.2, 0) is 16.1 Å². The van der Waals surface area contributed by atoms with Crippen LogP contribution in [0.15, 0.2) is 48.5 Å². The molecule has 3 fully saturated rings. The molecule has 1 amide bonds. The fourth-order valence-electron chi connectivity index (χ4n) is 6.22. The van der Waals surface area contributed by atoms with Crippen LogP contribution in [0.25, 0.3) is 0 Å². The lowest BCUT2D eigenvalue weighted by Crippen LogP contribution is -2.49. The summed E-state index contributed by atoms with van der Waals surface area (Å²) in [5.74, 6) is 1.11. The summed E-state index contributed by atoms with van der Waals surface area (Å²) in [6, 6.07) is 18.7. The predicted molar refractivity (Wildman–Crippen MR) is 151 cm³/mol. The number of benzene rings is 2. The number of hydrogen-bond acceptors (Lipinski definition) is 5. The van der Waals surface area contributed by atoms with E-state index in [0.717, 1.165) is 63.7 Å². The monoisotopic (exact) mass is 514 g/mol. The number of hydrogen-bond donors (Lipinski definition) is 0. The molecule has 1 aliphatic carbocycles. The Balaban J connectivity index is 1.20. The van der Waals surface area contributed by atoms with Crippen molar-refractivity contribution in [1.29, 1.82) is 5.26 Å². The van der Waals surface area contributed by atoms with E-state index in [1.807, 2.05) is 24.3 Å². The van der Waals surface area contributed by atoms with Crippen LogP contribution in [-0.4, -0.2) is 61.5 Å². The lowest BCUT2D eigenvalue weighted by atomic mass is 10.0. The quantitative estimate of drug-likeness (QED) is 0.417. The second-order valence-corrected chi connectivity index (χ2v) is 11.3. The van der Waals surface area contributed by atoms with Gasteiger partial charge in [0.2, 0.25) is 5.91 Å². The van der Waals surface area contributed by atoms with E-state index in [4.69, 9.17) is 10.00 Å². The van der Waals surface area contributed by atoms with Crippen molar-refractivity contribution in [2.24, 2.45) is 5.92 Å². The maximum absolute atomic E-state index is 12.8. The number of rotatable bonds is 10. The Morgan fingerprint density at radius 3 is 2.39 bits per heavy atom. The molecule has 38 heavy (non-hydrogen) atoms. The van der Waals surface area contributed by atoms with Crippen LogP contribution in [0.5, 0.6) is 0 Å². The normalized spacial score (nSPS) is 19.6. The van der Waals surface area contributed by atoms with Crippen molar-refractivity contribution < 1.29 is 9.53 Å². The summed E-state index contributed by atoms with van der Waals surface area (Å²) in [6.45, 7) is 6.94. The third-order valence-electron chi connectivity index (χ3n) is 8.64. The first-order valence-electron chi connectivity index (χ1n) is 14.6. The van der Waals surface area contributed by atoms with E-state index in [-0.39, 0.29) is 6.10 Å². The van der Waals surface area contributed by atoms with E-state index >= 15 is 0 Å². The minimum absolute atomic E-state index is 0.0576. The summed E-state index contributed by atoms with van der Waals surface area (Å²) in [7, 11) is 0. The van der Waals surface area contributed by atoms with E-state index < -0.39 is 0 Å². The summed E-state index contributed by atoms with van der Waals surface area (Å²) >= 11 is 0. The molecule has 1 atom stereocenters. The molecule has 2 aromatic carbocycles. The number of nitriles is 1. The van der Waals surface area contributed by atoms with Gasteiger partial charge in [0.1, 0.15) is 0 Å². The highest BCUT2D eigenvalue weighted by atomic mass is 16.5. The van der Waals surface area contributed by atoms with Gasteiger partial charge in [-0.2, -0.15) is 5.26 Å². The Kier molecular flexibility index (Phi) is 9.33. The average Bonchev–Trinajstić information content (AvgIpc) is 3.70. The summed E-state index contributed by atoms with van der Waals surface area (Å²) < 4.78 is 6.55. The number of anilines is 1. The van der Waals surface area contributed by atoms with Gasteiger partial charge in [-0.3, -0.25) is 9.69 Å². The average molecular weight is 515 g/mol. The van der Waals surface area contributed by atoms with E-state index in [0.29, 0.717) is 24.5 Å². The van der Waals surface area contributed by atoms with Gasteiger partial charge in [-0.15, -0.1) is 0 Å². The topological polar surface area (TPSA) is 59.8 Å². The Morgan fingerprint density at radius 2 is 1.68 bits per heavy atom. The minimum atomic E-state index is -0.0576. The van der Waals surface area contributed by atoms with Crippen molar-refractivity contribution in [3.8, 4) is 6.07 Å². The van der Waals surface area contributed by atoms with Gasteiger partial charge in [-0.05, 0) is 60.6 Å². The second kappa shape index (κ2) is 13.3. The van der Waals surface area contributed by atoms with E-state index in [2.05, 4.69) is 45.0 Å². The molecule has 6 heteroatoms. The second-order valence-electron chi connectivity index (χ2n) is 11.3. The van der Waals surface area contributed by atoms with E-state index in [9.17, 15) is 4.79 Å². The number of ether oxygens (including phenoxy) is 1. The zero-order valence-corrected chi connectivity index (χ0v) is 22.7. The number of carbonyl (C=O) groups excluding carboxylic acids is 1. The number of carbonyl (C=O) groups is 1. The zero-order chi connectivity index (χ0) is 26.2. The van der Waals surface area contributed by atoms with Gasteiger partial charge in [0.15, 0.2) is 0 Å². The van der Waals surface area contributed by atoms with Crippen LogP contribution in [0, 0.1) is 17.2 Å². The van der Waals surface area contributed by atoms with Crippen molar-refractivity contribution in [1.82, 2.24) is 9.80 Å². The largest absolute Gasteiger partial charge is 0.372 e. The third-order valence-corrected chi connectivity index (χ3v) is 8.64. The summed E-state index contributed by atoms with van der Waals surface area (Å²) in [4.78, 5) is 19.8. The molecule has 5 rings (SSSR count). The van der Waals surface area contributed by atoms with Crippen molar-refractivity contribution in [3.05, 3.63) is 65.2 Å². The number of piperazine rings is 1. The SMILES string of the molecule is N#Cc1ccc(CO[C@H](CN2CCN(C(=O)CCC3CCCC3)CC2)c2cccc(N3CCCC3)c2)cc1. The Morgan fingerprint density at radius 1 is 0.947 bits per heavy atom. The van der Waals surface area contributed by atoms with Crippen molar-refractivity contribution in [3.63, 3.8) is 0 Å². The first-order valence-corrected chi connectivity index (χ1v) is 14.6. The van der Waals surface area contributed by atoms with Crippen molar-refractivity contribution in [2.45, 2.75) is 64.1 Å². The molecule has 2 heterocycles. The van der Waals surface area contributed by atoms with Crippen LogP contribution in [0.4, 0.5) is 5.69 Å². The fraction of sp³-hybridized carbons (Fsp3) is 0.562. The van der Waals surface area contributed by atoms with Crippen molar-refractivity contribution >= 4 is 11.6 Å². The van der Waals surface area contributed by atoms with E-state index in [1.165, 1.54) is 49.8 Å². The standard InChI is InChI=1S/C32H42N4O2/c33-23-27-10-12-28(13-11-27)25-38-31(29-8-5-9-30(22-29)35-16-3-4-17-35)24-34-18-20-36(21-19-34)32(37)15-14-26-6-1-2-7-26/h5,8-13,22,26,31H,1-4,6-7,14-21,24-25H2/t31-/m1/s1. The van der Waals surface area contributed by atoms with E-state index in [1.54, 1.807) is 0 Å². The van der Waals surface area contributed by atoms with Gasteiger partial charge in [0, 0.05) is 57.9 Å². The highest BCUT2D eigenvalue weighted by Gasteiger charge is 2.26. The molecule has 6 nitrogen and oxygen atoms in total. The molecule has 0 radical (unpaired) electrons. The predicted octanol–water partition coefficient (Wildman–Crippen LogP) is 5.53. The van der Waals surface area contributed by atoms with Crippen LogP contribution in [0.2, 0.25) is 0 Å². The molecule has 2 saturated heterocycles. The fourth-order valence-corrected chi connectivity index (χ4v) is 6.22. The molecule has 0 spiro atoms. The number of nitrogens with zero attached hydrogens (tertiary/aromatic N) is 4. The highest BCUT2D eigenvalue weighted by molar-refractivity contribution is 5.76. The first kappa shape index (κ1) is 26.7. The van der Waals surface area contributed by atoms with Gasteiger partial charge >= 0.3 is 0 Å². The molecule has 0 unspecified atom stereocenters. The van der Waals surface area contributed by atoms with Crippen LogP contribution in [0.3, 0.4) is 0 Å². The summed E-state index contributed by atoms with van der Waals surface area (Å²) in [5, 5.41) is 9.11. The molecule has 2 aliphatic heterocycles. The van der Waals surface area contributed by atoms with Crippen LogP contribution in [0.1, 0.15) is 74.2 Å². The summed E-state index contributed by atoms with van der Waals surface area (Å²) in [5.41, 5.74) is 4.23. The molecular formula is C32H42N4O2. The molecule has 3 aliphatic rings. The van der Waals surface area contributed by atoms with Gasteiger partial charge in [0.05, 0.1) is 24.3 Å². The third kappa shape index (κ3) is 7.15. The molecule has 0 bridgehead atoms. The molecule has 2 aromatic rings. The van der Waals surface area contributed by atoms with Crippen LogP contribution < -0.4 is 4.90 Å². The molecule has 0 N–H and O–H groups in total. The molecule has 1 saturated carbocycles. The first-order chi connectivity index (χ1) is 18.7. The van der Waals surface area contributed by atoms with Crippen LogP contribution >= 0.6 is 0 Å². The molecule has 202 valence electrons. The van der Waals surface area contributed by atoms with Crippen molar-refractivity contribution in [2.75, 3.05) is 50.7 Å². The van der Waals surface area contributed by atoms with Gasteiger partial charge in [0.25, 0.3) is 0 Å². The lowest BCUT2D eigenvalue weighted by Gasteiger charge is -2.37. The lowest BCUT2D eigenvalue weighted by molar-refractivity contribution is -0.133. The maximum atomic E-state index is 12.8. The van der Waals surface area contributed by atoms with Gasteiger partial charge < -0.3 is 14.5 Å². The smallest absolute Gasteiger partial charge is 0.222 e. The highest BCUT2D eigenvalue weighted by Crippen LogP contribution is 2.30. The van der Waals surface area contributed by atoms with Gasteiger partial charge in [-0.25, -0.2) is 0 Å². The Bertz CT molecular complexity index is 1080. The Hall–Kier alpha value is -2.88. The van der Waals surface area contributed by atoms with Gasteiger partial charge in [-0.1, -0.05) is 49.9 Å². The minimum Gasteiger partial charge on any atom is -0.372 e. The maximum Gasteiger partial charge on any atom is 0.222 e. The molecule has 0 aromatic heterocycles. The zero-order valence-electron chi connectivity index (χ0n) is 22.7. The Labute approximate surface area is 228 Å². The molecular weight excluding hydrogens is 472 g/mol. The number of amides is 1.